The summed E-state index contributed by atoms with van der Waals surface area (Å²) >= 11 is 0. The van der Waals surface area contributed by atoms with Crippen LogP contribution in [0.15, 0.2) is 0 Å². The minimum Gasteiger partial charge on any atom is -0.375 e. The lowest BCUT2D eigenvalue weighted by Gasteiger charge is -2.38. The van der Waals surface area contributed by atoms with E-state index in [4.69, 9.17) is 14.2 Å². The summed E-state index contributed by atoms with van der Waals surface area (Å²) in [5, 5.41) is 9.64. The van der Waals surface area contributed by atoms with Crippen molar-refractivity contribution in [1.82, 2.24) is 0 Å². The quantitative estimate of drug-likeness (QED) is 0.681. The van der Waals surface area contributed by atoms with Gasteiger partial charge < -0.3 is 19.3 Å². The Kier molecular flexibility index (Phi) is 7.82. The smallest absolute Gasteiger partial charge is 0.157 e. The fraction of sp³-hybridized carbons (Fsp3) is 1.00. The summed E-state index contributed by atoms with van der Waals surface area (Å²) < 4.78 is 17.1. The monoisotopic (exact) mass is 260 g/mol. The van der Waals surface area contributed by atoms with Gasteiger partial charge >= 0.3 is 0 Å². The molecule has 2 unspecified atom stereocenters. The van der Waals surface area contributed by atoms with Gasteiger partial charge in [-0.15, -0.1) is 0 Å². The van der Waals surface area contributed by atoms with Crippen molar-refractivity contribution in [3.63, 3.8) is 0 Å². The van der Waals surface area contributed by atoms with Crippen molar-refractivity contribution in [2.75, 3.05) is 13.2 Å². The zero-order valence-electron chi connectivity index (χ0n) is 11.9. The Morgan fingerprint density at radius 3 is 2.33 bits per heavy atom. The van der Waals surface area contributed by atoms with E-state index in [1.54, 1.807) is 0 Å². The van der Waals surface area contributed by atoms with Crippen molar-refractivity contribution in [3.8, 4) is 0 Å². The molecule has 0 aromatic heterocycles. The molecule has 4 nitrogen and oxygen atoms in total. The van der Waals surface area contributed by atoms with Crippen LogP contribution in [0.1, 0.15) is 52.9 Å². The highest BCUT2D eigenvalue weighted by Gasteiger charge is 2.37. The average molecular weight is 260 g/mol. The van der Waals surface area contributed by atoms with Crippen LogP contribution in [0.3, 0.4) is 0 Å². The minimum absolute atomic E-state index is 0.0489. The summed E-state index contributed by atoms with van der Waals surface area (Å²) in [5.74, 6) is 0. The molecule has 0 aliphatic carbocycles. The van der Waals surface area contributed by atoms with E-state index in [1.165, 1.54) is 0 Å². The third-order valence-corrected chi connectivity index (χ3v) is 3.27. The van der Waals surface area contributed by atoms with Crippen molar-refractivity contribution in [2.24, 2.45) is 0 Å². The minimum atomic E-state index is -0.724. The van der Waals surface area contributed by atoms with Gasteiger partial charge in [-0.25, -0.2) is 0 Å². The maximum atomic E-state index is 9.64. The summed E-state index contributed by atoms with van der Waals surface area (Å²) in [6, 6.07) is 0. The first kappa shape index (κ1) is 15.9. The average Bonchev–Trinajstić information content (AvgIpc) is 2.32. The lowest BCUT2D eigenvalue weighted by molar-refractivity contribution is -0.247. The number of hydrogen-bond donors (Lipinski definition) is 1. The molecule has 1 N–H and O–H groups in total. The standard InChI is InChI=1S/C14H28O4/c1-4-6-8-16-12-10-13(15)18-11(3)14(12)17-9-7-5-2/h11-15H,4-10H2,1-3H3/t11?,12-,13?,14+/m1/s1. The van der Waals surface area contributed by atoms with Crippen LogP contribution >= 0.6 is 0 Å². The van der Waals surface area contributed by atoms with Crippen molar-refractivity contribution in [1.29, 1.82) is 0 Å². The van der Waals surface area contributed by atoms with E-state index in [1.807, 2.05) is 6.92 Å². The number of hydrogen-bond acceptors (Lipinski definition) is 4. The molecule has 0 amide bonds. The molecule has 4 atom stereocenters. The van der Waals surface area contributed by atoms with Gasteiger partial charge in [-0.05, 0) is 19.8 Å². The Balaban J connectivity index is 2.43. The second kappa shape index (κ2) is 8.86. The summed E-state index contributed by atoms with van der Waals surface area (Å²) in [5.41, 5.74) is 0. The number of ether oxygens (including phenoxy) is 3. The second-order valence-corrected chi connectivity index (χ2v) is 4.98. The van der Waals surface area contributed by atoms with Gasteiger partial charge in [0.25, 0.3) is 0 Å². The first-order valence-electron chi connectivity index (χ1n) is 7.25. The topological polar surface area (TPSA) is 47.9 Å². The zero-order valence-corrected chi connectivity index (χ0v) is 11.9. The molecule has 1 heterocycles. The maximum Gasteiger partial charge on any atom is 0.157 e. The molecule has 0 bridgehead atoms. The zero-order chi connectivity index (χ0) is 13.4. The summed E-state index contributed by atoms with van der Waals surface area (Å²) in [6.07, 6.45) is 3.88. The third kappa shape index (κ3) is 5.22. The van der Waals surface area contributed by atoms with Gasteiger partial charge in [0.05, 0.1) is 12.2 Å². The van der Waals surface area contributed by atoms with Gasteiger partial charge in [-0.2, -0.15) is 0 Å². The van der Waals surface area contributed by atoms with Crippen LogP contribution in [0, 0.1) is 0 Å². The first-order valence-corrected chi connectivity index (χ1v) is 7.25. The summed E-state index contributed by atoms with van der Waals surface area (Å²) in [6.45, 7) is 7.69. The van der Waals surface area contributed by atoms with Crippen LogP contribution < -0.4 is 0 Å². The Morgan fingerprint density at radius 1 is 1.11 bits per heavy atom. The number of aliphatic hydroxyl groups excluding tert-OH is 1. The Morgan fingerprint density at radius 2 is 1.72 bits per heavy atom. The van der Waals surface area contributed by atoms with Crippen molar-refractivity contribution in [2.45, 2.75) is 77.5 Å². The van der Waals surface area contributed by atoms with E-state index in [0.29, 0.717) is 6.42 Å². The molecule has 0 spiro atoms. The van der Waals surface area contributed by atoms with Crippen LogP contribution in [0.5, 0.6) is 0 Å². The van der Waals surface area contributed by atoms with Gasteiger partial charge in [-0.1, -0.05) is 26.7 Å². The Hall–Kier alpha value is -0.160. The number of rotatable bonds is 8. The van der Waals surface area contributed by atoms with Crippen LogP contribution in [0.4, 0.5) is 0 Å². The number of unbranched alkanes of at least 4 members (excludes halogenated alkanes) is 2. The summed E-state index contributed by atoms with van der Waals surface area (Å²) in [7, 11) is 0. The molecule has 1 fully saturated rings. The third-order valence-electron chi connectivity index (χ3n) is 3.27. The largest absolute Gasteiger partial charge is 0.375 e. The summed E-state index contributed by atoms with van der Waals surface area (Å²) in [4.78, 5) is 0. The van der Waals surface area contributed by atoms with Gasteiger partial charge in [0.2, 0.25) is 0 Å². The highest BCUT2D eigenvalue weighted by atomic mass is 16.6. The van der Waals surface area contributed by atoms with Crippen LogP contribution in [-0.4, -0.2) is 42.9 Å². The lowest BCUT2D eigenvalue weighted by Crippen LogP contribution is -2.49. The van der Waals surface area contributed by atoms with E-state index in [9.17, 15) is 5.11 Å². The second-order valence-electron chi connectivity index (χ2n) is 4.98. The molecular formula is C14H28O4. The molecule has 1 saturated heterocycles. The molecule has 0 saturated carbocycles. The highest BCUT2D eigenvalue weighted by Crippen LogP contribution is 2.24. The van der Waals surface area contributed by atoms with E-state index < -0.39 is 6.29 Å². The SMILES string of the molecule is CCCCO[C@@H]1CC(O)OC(C)[C@@H]1OCCCC. The molecule has 0 aromatic rings. The fourth-order valence-electron chi connectivity index (χ4n) is 2.16. The predicted octanol–water partition coefficient (Wildman–Crippen LogP) is 2.48. The molecule has 1 rings (SSSR count). The van der Waals surface area contributed by atoms with Gasteiger partial charge in [0.15, 0.2) is 6.29 Å². The van der Waals surface area contributed by atoms with Gasteiger partial charge in [0, 0.05) is 19.6 Å². The first-order chi connectivity index (χ1) is 8.69. The van der Waals surface area contributed by atoms with E-state index in [0.717, 1.165) is 38.9 Å². The molecule has 1 aliphatic heterocycles. The molecule has 108 valence electrons. The normalized spacial score (nSPS) is 32.7. The van der Waals surface area contributed by atoms with Gasteiger partial charge in [-0.3, -0.25) is 0 Å². The molecule has 0 aromatic carbocycles. The predicted molar refractivity (Wildman–Crippen MR) is 70.5 cm³/mol. The molecule has 4 heteroatoms. The fourth-order valence-corrected chi connectivity index (χ4v) is 2.16. The van der Waals surface area contributed by atoms with E-state index in [-0.39, 0.29) is 18.3 Å². The Labute approximate surface area is 111 Å². The van der Waals surface area contributed by atoms with Crippen molar-refractivity contribution in [3.05, 3.63) is 0 Å². The van der Waals surface area contributed by atoms with Crippen molar-refractivity contribution < 1.29 is 19.3 Å². The van der Waals surface area contributed by atoms with Crippen LogP contribution in [0.25, 0.3) is 0 Å². The van der Waals surface area contributed by atoms with E-state index >= 15 is 0 Å². The van der Waals surface area contributed by atoms with Gasteiger partial charge in [0.1, 0.15) is 6.10 Å². The van der Waals surface area contributed by atoms with Crippen LogP contribution in [-0.2, 0) is 14.2 Å². The molecule has 18 heavy (non-hydrogen) atoms. The Bertz CT molecular complexity index is 210. The van der Waals surface area contributed by atoms with E-state index in [2.05, 4.69) is 13.8 Å². The lowest BCUT2D eigenvalue weighted by atomic mass is 10.0. The van der Waals surface area contributed by atoms with Crippen LogP contribution in [0.2, 0.25) is 0 Å². The molecule has 0 radical (unpaired) electrons. The highest BCUT2D eigenvalue weighted by molar-refractivity contribution is 4.82. The van der Waals surface area contributed by atoms with Crippen molar-refractivity contribution >= 4 is 0 Å². The number of aliphatic hydroxyl groups is 1. The molecular weight excluding hydrogens is 232 g/mol. The molecule has 1 aliphatic rings. The maximum absolute atomic E-state index is 9.64.